The molecule has 0 unspecified atom stereocenters. The molecule has 0 fully saturated rings. The second-order valence-corrected chi connectivity index (χ2v) is 5.92. The predicted molar refractivity (Wildman–Crippen MR) is 85.7 cm³/mol. The molecule has 2 nitrogen and oxygen atoms in total. The number of rotatable bonds is 4. The molecule has 0 atom stereocenters. The van der Waals surface area contributed by atoms with Crippen LogP contribution in [0, 0.1) is 0 Å². The third-order valence-corrected chi connectivity index (χ3v) is 4.09. The Labute approximate surface area is 125 Å². The second-order valence-electron chi connectivity index (χ2n) is 5.52. The number of benzene rings is 2. The summed E-state index contributed by atoms with van der Waals surface area (Å²) in [5.74, 6) is 1.34. The van der Waals surface area contributed by atoms with Crippen LogP contribution >= 0.6 is 11.6 Å². The Bertz CT molecular complexity index is 590. The Morgan fingerprint density at radius 2 is 1.75 bits per heavy atom. The molecule has 0 spiro atoms. The van der Waals surface area contributed by atoms with E-state index in [1.54, 1.807) is 6.07 Å². The molecule has 0 aliphatic carbocycles. The van der Waals surface area contributed by atoms with Crippen molar-refractivity contribution in [1.82, 2.24) is 0 Å². The van der Waals surface area contributed by atoms with E-state index in [4.69, 9.17) is 22.1 Å². The number of para-hydroxylation sites is 1. The molecule has 106 valence electrons. The van der Waals surface area contributed by atoms with Crippen molar-refractivity contribution in [2.24, 2.45) is 0 Å². The first-order chi connectivity index (χ1) is 9.44. The Morgan fingerprint density at radius 1 is 1.10 bits per heavy atom. The van der Waals surface area contributed by atoms with Crippen molar-refractivity contribution in [1.29, 1.82) is 0 Å². The van der Waals surface area contributed by atoms with Crippen LogP contribution in [0.1, 0.15) is 32.8 Å². The van der Waals surface area contributed by atoms with Crippen LogP contribution in [0.4, 0.5) is 5.69 Å². The molecule has 0 saturated carbocycles. The van der Waals surface area contributed by atoms with Crippen molar-refractivity contribution >= 4 is 17.3 Å². The van der Waals surface area contributed by atoms with Gasteiger partial charge in [-0.1, -0.05) is 50.6 Å². The summed E-state index contributed by atoms with van der Waals surface area (Å²) in [4.78, 5) is 0. The van der Waals surface area contributed by atoms with Gasteiger partial charge in [-0.3, -0.25) is 0 Å². The van der Waals surface area contributed by atoms with Crippen LogP contribution in [0.2, 0.25) is 5.02 Å². The number of halogens is 1. The van der Waals surface area contributed by atoms with Crippen LogP contribution in [0.15, 0.2) is 42.5 Å². The van der Waals surface area contributed by atoms with Crippen molar-refractivity contribution in [2.75, 3.05) is 5.73 Å². The van der Waals surface area contributed by atoms with E-state index < -0.39 is 0 Å². The van der Waals surface area contributed by atoms with Gasteiger partial charge in [0, 0.05) is 0 Å². The summed E-state index contributed by atoms with van der Waals surface area (Å²) in [5.41, 5.74) is 7.83. The normalized spacial score (nSPS) is 11.4. The van der Waals surface area contributed by atoms with Crippen LogP contribution in [-0.4, -0.2) is 0 Å². The average Bonchev–Trinajstić information content (AvgIpc) is 2.44. The zero-order valence-corrected chi connectivity index (χ0v) is 12.9. The monoisotopic (exact) mass is 289 g/mol. The molecule has 0 aliphatic heterocycles. The van der Waals surface area contributed by atoms with Crippen LogP contribution in [-0.2, 0) is 5.41 Å². The quantitative estimate of drug-likeness (QED) is 0.765. The van der Waals surface area contributed by atoms with E-state index in [0.717, 1.165) is 12.2 Å². The summed E-state index contributed by atoms with van der Waals surface area (Å²) in [6, 6.07) is 13.5. The molecule has 20 heavy (non-hydrogen) atoms. The van der Waals surface area contributed by atoms with E-state index >= 15 is 0 Å². The predicted octanol–water partition coefficient (Wildman–Crippen LogP) is 5.40. The van der Waals surface area contributed by atoms with Crippen molar-refractivity contribution in [2.45, 2.75) is 32.6 Å². The number of hydrogen-bond acceptors (Lipinski definition) is 2. The second kappa shape index (κ2) is 5.76. The van der Waals surface area contributed by atoms with Crippen molar-refractivity contribution in [3.05, 3.63) is 53.1 Å². The van der Waals surface area contributed by atoms with Crippen LogP contribution in [0.3, 0.4) is 0 Å². The average molecular weight is 290 g/mol. The highest BCUT2D eigenvalue weighted by Crippen LogP contribution is 2.34. The van der Waals surface area contributed by atoms with Gasteiger partial charge in [0.2, 0.25) is 0 Å². The van der Waals surface area contributed by atoms with Gasteiger partial charge in [-0.05, 0) is 41.7 Å². The lowest BCUT2D eigenvalue weighted by atomic mass is 9.82. The fourth-order valence-electron chi connectivity index (χ4n) is 1.91. The molecular formula is C17H20ClNO. The maximum atomic E-state index is 5.98. The SMILES string of the molecule is CCC(C)(C)c1ccc(Oc2cccc(Cl)c2N)cc1. The van der Waals surface area contributed by atoms with Gasteiger partial charge >= 0.3 is 0 Å². The highest BCUT2D eigenvalue weighted by Gasteiger charge is 2.17. The number of hydrogen-bond donors (Lipinski definition) is 1. The molecule has 2 aromatic rings. The van der Waals surface area contributed by atoms with Gasteiger partial charge in [-0.25, -0.2) is 0 Å². The molecule has 3 heteroatoms. The van der Waals surface area contributed by atoms with Gasteiger partial charge in [0.25, 0.3) is 0 Å². The number of ether oxygens (including phenoxy) is 1. The van der Waals surface area contributed by atoms with Gasteiger partial charge in [0.05, 0.1) is 10.7 Å². The maximum absolute atomic E-state index is 5.98. The molecule has 0 saturated heterocycles. The zero-order valence-electron chi connectivity index (χ0n) is 12.1. The van der Waals surface area contributed by atoms with Gasteiger partial charge in [-0.15, -0.1) is 0 Å². The highest BCUT2D eigenvalue weighted by molar-refractivity contribution is 6.33. The molecule has 0 aromatic heterocycles. The fourth-order valence-corrected chi connectivity index (χ4v) is 2.08. The Balaban J connectivity index is 2.21. The van der Waals surface area contributed by atoms with E-state index in [0.29, 0.717) is 16.5 Å². The van der Waals surface area contributed by atoms with Crippen molar-refractivity contribution in [3.63, 3.8) is 0 Å². The lowest BCUT2D eigenvalue weighted by Crippen LogP contribution is -2.14. The smallest absolute Gasteiger partial charge is 0.151 e. The van der Waals surface area contributed by atoms with E-state index in [2.05, 4.69) is 32.9 Å². The third-order valence-electron chi connectivity index (χ3n) is 3.76. The number of anilines is 1. The summed E-state index contributed by atoms with van der Waals surface area (Å²) >= 11 is 5.98. The molecule has 0 amide bonds. The molecule has 0 heterocycles. The summed E-state index contributed by atoms with van der Waals surface area (Å²) < 4.78 is 5.78. The molecular weight excluding hydrogens is 270 g/mol. The van der Waals surface area contributed by atoms with Crippen molar-refractivity contribution in [3.8, 4) is 11.5 Å². The summed E-state index contributed by atoms with van der Waals surface area (Å²) in [5, 5.41) is 0.506. The van der Waals surface area contributed by atoms with Gasteiger partial charge in [-0.2, -0.15) is 0 Å². The van der Waals surface area contributed by atoms with E-state index in [9.17, 15) is 0 Å². The summed E-state index contributed by atoms with van der Waals surface area (Å²) in [7, 11) is 0. The Kier molecular flexibility index (Phi) is 4.24. The van der Waals surface area contributed by atoms with Gasteiger partial charge in [0.15, 0.2) is 5.75 Å². The summed E-state index contributed by atoms with van der Waals surface area (Å²) in [6.07, 6.45) is 1.09. The minimum atomic E-state index is 0.174. The fraction of sp³-hybridized carbons (Fsp3) is 0.294. The topological polar surface area (TPSA) is 35.2 Å². The van der Waals surface area contributed by atoms with E-state index in [1.807, 2.05) is 24.3 Å². The summed E-state index contributed by atoms with van der Waals surface area (Å²) in [6.45, 7) is 6.66. The Hall–Kier alpha value is -1.67. The molecule has 2 rings (SSSR count). The van der Waals surface area contributed by atoms with E-state index in [-0.39, 0.29) is 5.41 Å². The molecule has 2 N–H and O–H groups in total. The zero-order chi connectivity index (χ0) is 14.8. The minimum absolute atomic E-state index is 0.174. The van der Waals surface area contributed by atoms with Crippen LogP contribution in [0.25, 0.3) is 0 Å². The maximum Gasteiger partial charge on any atom is 0.151 e. The lowest BCUT2D eigenvalue weighted by Gasteiger charge is -2.23. The number of nitrogen functional groups attached to an aromatic ring is 1. The van der Waals surface area contributed by atoms with Crippen LogP contribution in [0.5, 0.6) is 11.5 Å². The molecule has 0 bridgehead atoms. The molecule has 0 aliphatic rings. The number of nitrogens with two attached hydrogens (primary N) is 1. The minimum Gasteiger partial charge on any atom is -0.455 e. The van der Waals surface area contributed by atoms with Crippen molar-refractivity contribution < 1.29 is 4.74 Å². The van der Waals surface area contributed by atoms with Gasteiger partial charge < -0.3 is 10.5 Å². The molecule has 2 aromatic carbocycles. The standard InChI is InChI=1S/C17H20ClNO/c1-4-17(2,3)12-8-10-13(11-9-12)20-15-7-5-6-14(18)16(15)19/h5-11H,4,19H2,1-3H3. The first-order valence-corrected chi connectivity index (χ1v) is 7.14. The first kappa shape index (κ1) is 14.7. The Morgan fingerprint density at radius 3 is 2.35 bits per heavy atom. The third kappa shape index (κ3) is 3.07. The highest BCUT2D eigenvalue weighted by atomic mass is 35.5. The van der Waals surface area contributed by atoms with E-state index in [1.165, 1.54) is 5.56 Å². The molecule has 0 radical (unpaired) electrons. The van der Waals surface area contributed by atoms with Crippen LogP contribution < -0.4 is 10.5 Å². The first-order valence-electron chi connectivity index (χ1n) is 6.76. The van der Waals surface area contributed by atoms with Gasteiger partial charge in [0.1, 0.15) is 5.75 Å². The largest absolute Gasteiger partial charge is 0.455 e. The lowest BCUT2D eigenvalue weighted by molar-refractivity contribution is 0.480.